The highest BCUT2D eigenvalue weighted by Gasteiger charge is 2.30. The number of hydrogen-bond donors (Lipinski definition) is 2. The first-order valence-electron chi connectivity index (χ1n) is 7.78. The predicted molar refractivity (Wildman–Crippen MR) is 89.1 cm³/mol. The van der Waals surface area contributed by atoms with Crippen LogP contribution in [0.3, 0.4) is 0 Å². The van der Waals surface area contributed by atoms with Gasteiger partial charge in [-0.1, -0.05) is 45.0 Å². The summed E-state index contributed by atoms with van der Waals surface area (Å²) in [6.07, 6.45) is 0. The summed E-state index contributed by atoms with van der Waals surface area (Å²) in [7, 11) is 4.36. The van der Waals surface area contributed by atoms with Gasteiger partial charge in [-0.05, 0) is 30.6 Å². The van der Waals surface area contributed by atoms with Gasteiger partial charge in [-0.3, -0.25) is 16.2 Å². The molecule has 3 N–H and O–H groups in total. The highest BCUT2D eigenvalue weighted by atomic mass is 15.3. The fraction of sp³-hybridized carbons (Fsp3) is 0.647. The molecule has 2 rings (SSSR count). The Kier molecular flexibility index (Phi) is 5.04. The molecule has 0 bridgehead atoms. The lowest BCUT2D eigenvalue weighted by atomic mass is 9.85. The smallest absolute Gasteiger partial charge is 0.0627 e. The lowest BCUT2D eigenvalue weighted by Gasteiger charge is -2.41. The quantitative estimate of drug-likeness (QED) is 0.657. The van der Waals surface area contributed by atoms with Gasteiger partial charge < -0.3 is 4.90 Å². The summed E-state index contributed by atoms with van der Waals surface area (Å²) in [5.41, 5.74) is 5.83. The second kappa shape index (κ2) is 6.44. The van der Waals surface area contributed by atoms with E-state index < -0.39 is 0 Å². The predicted octanol–water partition coefficient (Wildman–Crippen LogP) is 1.73. The van der Waals surface area contributed by atoms with Crippen molar-refractivity contribution in [2.45, 2.75) is 38.3 Å². The molecule has 0 saturated carbocycles. The van der Waals surface area contributed by atoms with E-state index in [0.717, 1.165) is 19.6 Å². The fourth-order valence-electron chi connectivity index (χ4n) is 3.02. The van der Waals surface area contributed by atoms with Gasteiger partial charge in [0.15, 0.2) is 0 Å². The minimum absolute atomic E-state index is 0.159. The first kappa shape index (κ1) is 16.4. The molecule has 0 aromatic heterocycles. The molecular weight excluding hydrogens is 260 g/mol. The van der Waals surface area contributed by atoms with E-state index in [-0.39, 0.29) is 11.5 Å². The van der Waals surface area contributed by atoms with Crippen LogP contribution in [0.25, 0.3) is 0 Å². The van der Waals surface area contributed by atoms with Crippen LogP contribution in [0, 0.1) is 0 Å². The van der Waals surface area contributed by atoms with Crippen LogP contribution in [0.15, 0.2) is 24.3 Å². The van der Waals surface area contributed by atoms with Crippen molar-refractivity contribution >= 4 is 0 Å². The van der Waals surface area contributed by atoms with Crippen molar-refractivity contribution in [2.24, 2.45) is 5.84 Å². The average Bonchev–Trinajstić information content (AvgIpc) is 2.43. The Morgan fingerprint density at radius 1 is 1.14 bits per heavy atom. The molecule has 2 unspecified atom stereocenters. The van der Waals surface area contributed by atoms with Crippen molar-refractivity contribution in [3.8, 4) is 0 Å². The van der Waals surface area contributed by atoms with E-state index in [4.69, 9.17) is 5.84 Å². The van der Waals surface area contributed by atoms with Crippen LogP contribution in [0.1, 0.15) is 37.9 Å². The van der Waals surface area contributed by atoms with Crippen molar-refractivity contribution < 1.29 is 0 Å². The first-order chi connectivity index (χ1) is 9.82. The van der Waals surface area contributed by atoms with Crippen molar-refractivity contribution in [3.63, 3.8) is 0 Å². The molecule has 0 aliphatic carbocycles. The maximum atomic E-state index is 5.87. The molecule has 4 heteroatoms. The van der Waals surface area contributed by atoms with Gasteiger partial charge in [0.25, 0.3) is 0 Å². The van der Waals surface area contributed by atoms with Gasteiger partial charge in [0.1, 0.15) is 0 Å². The van der Waals surface area contributed by atoms with E-state index >= 15 is 0 Å². The average molecular weight is 290 g/mol. The van der Waals surface area contributed by atoms with Gasteiger partial charge in [0.05, 0.1) is 6.04 Å². The summed E-state index contributed by atoms with van der Waals surface area (Å²) in [6, 6.07) is 9.44. The van der Waals surface area contributed by atoms with Crippen LogP contribution >= 0.6 is 0 Å². The maximum Gasteiger partial charge on any atom is 0.0627 e. The number of rotatable bonds is 3. The molecule has 1 heterocycles. The van der Waals surface area contributed by atoms with Gasteiger partial charge in [0, 0.05) is 25.7 Å². The molecule has 0 radical (unpaired) electrons. The van der Waals surface area contributed by atoms with Gasteiger partial charge in [-0.2, -0.15) is 0 Å². The Morgan fingerprint density at radius 3 is 2.29 bits per heavy atom. The minimum atomic E-state index is 0.159. The lowest BCUT2D eigenvalue weighted by Crippen LogP contribution is -2.56. The molecular formula is C17H30N4. The molecule has 2 atom stereocenters. The third-order valence-electron chi connectivity index (χ3n) is 4.60. The number of hydrazine groups is 1. The molecule has 1 aromatic rings. The van der Waals surface area contributed by atoms with E-state index in [9.17, 15) is 0 Å². The number of benzene rings is 1. The Morgan fingerprint density at radius 2 is 1.76 bits per heavy atom. The second-order valence-corrected chi connectivity index (χ2v) is 7.33. The SMILES string of the molecule is CN1CCN(C)C(C(NN)c2ccc(C(C)(C)C)cc2)C1. The Bertz CT molecular complexity index is 449. The topological polar surface area (TPSA) is 44.5 Å². The largest absolute Gasteiger partial charge is 0.303 e. The summed E-state index contributed by atoms with van der Waals surface area (Å²) in [5.74, 6) is 5.87. The molecule has 1 aromatic carbocycles. The van der Waals surface area contributed by atoms with E-state index in [2.05, 4.69) is 74.4 Å². The molecule has 21 heavy (non-hydrogen) atoms. The van der Waals surface area contributed by atoms with Gasteiger partial charge in [-0.15, -0.1) is 0 Å². The van der Waals surface area contributed by atoms with Crippen molar-refractivity contribution in [3.05, 3.63) is 35.4 Å². The van der Waals surface area contributed by atoms with Gasteiger partial charge in [0.2, 0.25) is 0 Å². The van der Waals surface area contributed by atoms with Crippen LogP contribution in [-0.2, 0) is 5.41 Å². The maximum absolute atomic E-state index is 5.87. The van der Waals surface area contributed by atoms with Crippen LogP contribution in [0.4, 0.5) is 0 Å². The normalized spacial score (nSPS) is 23.2. The third-order valence-corrected chi connectivity index (χ3v) is 4.60. The number of hydrogen-bond acceptors (Lipinski definition) is 4. The number of piperazine rings is 1. The second-order valence-electron chi connectivity index (χ2n) is 7.33. The first-order valence-corrected chi connectivity index (χ1v) is 7.78. The van der Waals surface area contributed by atoms with Crippen LogP contribution < -0.4 is 11.3 Å². The standard InChI is InChI=1S/C17H30N4/c1-17(2,3)14-8-6-13(7-9-14)16(19-18)15-12-20(4)10-11-21(15)5/h6-9,15-16,19H,10-12,18H2,1-5H3. The molecule has 1 aliphatic heterocycles. The fourth-order valence-corrected chi connectivity index (χ4v) is 3.02. The molecule has 118 valence electrons. The number of nitrogens with one attached hydrogen (secondary N) is 1. The van der Waals surface area contributed by atoms with E-state index in [1.54, 1.807) is 0 Å². The Balaban J connectivity index is 2.20. The third kappa shape index (κ3) is 3.83. The van der Waals surface area contributed by atoms with E-state index in [1.165, 1.54) is 11.1 Å². The zero-order valence-corrected chi connectivity index (χ0v) is 14.1. The summed E-state index contributed by atoms with van der Waals surface area (Å²) in [6.45, 7) is 9.96. The van der Waals surface area contributed by atoms with Gasteiger partial charge >= 0.3 is 0 Å². The lowest BCUT2D eigenvalue weighted by molar-refractivity contribution is 0.0876. The summed E-state index contributed by atoms with van der Waals surface area (Å²) >= 11 is 0. The number of likely N-dealkylation sites (N-methyl/N-ethyl adjacent to an activating group) is 2. The zero-order chi connectivity index (χ0) is 15.6. The Labute approximate surface area is 129 Å². The summed E-state index contributed by atoms with van der Waals surface area (Å²) in [4.78, 5) is 4.78. The number of nitrogens with two attached hydrogens (primary N) is 1. The Hall–Kier alpha value is -0.940. The molecule has 0 spiro atoms. The van der Waals surface area contributed by atoms with Crippen LogP contribution in [-0.4, -0.2) is 49.6 Å². The van der Waals surface area contributed by atoms with Crippen molar-refractivity contribution in [1.29, 1.82) is 0 Å². The van der Waals surface area contributed by atoms with E-state index in [0.29, 0.717) is 6.04 Å². The van der Waals surface area contributed by atoms with Crippen LogP contribution in [0.5, 0.6) is 0 Å². The van der Waals surface area contributed by atoms with E-state index in [1.807, 2.05) is 0 Å². The molecule has 1 saturated heterocycles. The monoisotopic (exact) mass is 290 g/mol. The summed E-state index contributed by atoms with van der Waals surface area (Å²) in [5, 5.41) is 0. The van der Waals surface area contributed by atoms with Crippen LogP contribution in [0.2, 0.25) is 0 Å². The summed E-state index contributed by atoms with van der Waals surface area (Å²) < 4.78 is 0. The molecule has 0 amide bonds. The molecule has 4 nitrogen and oxygen atoms in total. The highest BCUT2D eigenvalue weighted by Crippen LogP contribution is 2.27. The zero-order valence-electron chi connectivity index (χ0n) is 14.1. The minimum Gasteiger partial charge on any atom is -0.303 e. The number of nitrogens with zero attached hydrogens (tertiary/aromatic N) is 2. The van der Waals surface area contributed by atoms with Crippen molar-refractivity contribution in [2.75, 3.05) is 33.7 Å². The molecule has 1 fully saturated rings. The van der Waals surface area contributed by atoms with Gasteiger partial charge in [-0.25, -0.2) is 0 Å². The van der Waals surface area contributed by atoms with Crippen molar-refractivity contribution in [1.82, 2.24) is 15.2 Å². The highest BCUT2D eigenvalue weighted by molar-refractivity contribution is 5.30. The molecule has 1 aliphatic rings.